The molecule has 1 aliphatic heterocycles. The number of benzene rings is 1. The van der Waals surface area contributed by atoms with Gasteiger partial charge < -0.3 is 14.5 Å². The van der Waals surface area contributed by atoms with Crippen molar-refractivity contribution in [3.63, 3.8) is 0 Å². The van der Waals surface area contributed by atoms with Crippen LogP contribution in [0.2, 0.25) is 0 Å². The van der Waals surface area contributed by atoms with Gasteiger partial charge in [-0.1, -0.05) is 6.92 Å². The molecule has 1 aromatic heterocycles. The van der Waals surface area contributed by atoms with Crippen molar-refractivity contribution in [2.75, 3.05) is 43.1 Å². The summed E-state index contributed by atoms with van der Waals surface area (Å²) in [6.45, 7) is 4.42. The molecule has 1 fully saturated rings. The van der Waals surface area contributed by atoms with Gasteiger partial charge >= 0.3 is 0 Å². The van der Waals surface area contributed by atoms with Crippen LogP contribution in [0.4, 0.5) is 20.3 Å². The lowest BCUT2D eigenvalue weighted by Gasteiger charge is -2.36. The van der Waals surface area contributed by atoms with Gasteiger partial charge in [-0.2, -0.15) is 0 Å². The first kappa shape index (κ1) is 16.4. The predicted octanol–water partition coefficient (Wildman–Crippen LogP) is 2.65. The lowest BCUT2D eigenvalue weighted by atomic mass is 10.2. The van der Waals surface area contributed by atoms with Crippen LogP contribution >= 0.6 is 0 Å². The molecule has 128 valence electrons. The van der Waals surface area contributed by atoms with Gasteiger partial charge in [-0.3, -0.25) is 0 Å². The summed E-state index contributed by atoms with van der Waals surface area (Å²) in [7, 11) is 1.44. The highest BCUT2D eigenvalue weighted by atomic mass is 19.1. The molecular weight excluding hydrogens is 314 g/mol. The molecule has 1 aromatic carbocycles. The number of anilines is 2. The number of ether oxygens (including phenoxy) is 1. The second kappa shape index (κ2) is 6.98. The van der Waals surface area contributed by atoms with Crippen molar-refractivity contribution < 1.29 is 13.5 Å². The molecule has 0 spiro atoms. The van der Waals surface area contributed by atoms with Gasteiger partial charge in [0.25, 0.3) is 0 Å². The number of piperazine rings is 1. The van der Waals surface area contributed by atoms with Gasteiger partial charge in [0.2, 0.25) is 0 Å². The fraction of sp³-hybridized carbons (Fsp3) is 0.412. The molecule has 1 aliphatic rings. The number of hydrogen-bond donors (Lipinski definition) is 0. The standard InChI is InChI=1S/C17H20F2N4O/c1-3-14-16(19)17(21-11-20-14)23-8-6-22(7-9-23)12-4-5-15(24-2)13(18)10-12/h4-5,10-11H,3,6-9H2,1-2H3. The molecule has 0 unspecified atom stereocenters. The summed E-state index contributed by atoms with van der Waals surface area (Å²) in [5.74, 6) is -0.147. The number of rotatable bonds is 4. The Bertz CT molecular complexity index is 718. The van der Waals surface area contributed by atoms with E-state index < -0.39 is 0 Å². The van der Waals surface area contributed by atoms with Gasteiger partial charge in [-0.25, -0.2) is 18.7 Å². The Kier molecular flexibility index (Phi) is 4.78. The maximum absolute atomic E-state index is 14.4. The van der Waals surface area contributed by atoms with E-state index in [4.69, 9.17) is 4.74 Å². The molecule has 0 amide bonds. The lowest BCUT2D eigenvalue weighted by Crippen LogP contribution is -2.47. The van der Waals surface area contributed by atoms with Gasteiger partial charge in [0.1, 0.15) is 6.33 Å². The molecular formula is C17H20F2N4O. The van der Waals surface area contributed by atoms with Gasteiger partial charge in [0.05, 0.1) is 12.8 Å². The molecule has 7 heteroatoms. The Hall–Kier alpha value is -2.44. The van der Waals surface area contributed by atoms with Crippen LogP contribution in [0.3, 0.4) is 0 Å². The van der Waals surface area contributed by atoms with Crippen molar-refractivity contribution in [3.05, 3.63) is 41.9 Å². The van der Waals surface area contributed by atoms with E-state index >= 15 is 0 Å². The number of methoxy groups -OCH3 is 1. The minimum absolute atomic E-state index is 0.229. The van der Waals surface area contributed by atoms with Crippen molar-refractivity contribution in [2.45, 2.75) is 13.3 Å². The van der Waals surface area contributed by atoms with Crippen molar-refractivity contribution >= 4 is 11.5 Å². The normalized spacial score (nSPS) is 14.8. The van der Waals surface area contributed by atoms with Crippen LogP contribution in [0.1, 0.15) is 12.6 Å². The molecule has 2 heterocycles. The lowest BCUT2D eigenvalue weighted by molar-refractivity contribution is 0.386. The summed E-state index contributed by atoms with van der Waals surface area (Å²) in [6, 6.07) is 4.92. The fourth-order valence-corrected chi connectivity index (χ4v) is 2.89. The maximum Gasteiger partial charge on any atom is 0.187 e. The third-order valence-corrected chi connectivity index (χ3v) is 4.26. The third-order valence-electron chi connectivity index (χ3n) is 4.26. The zero-order valence-corrected chi connectivity index (χ0v) is 13.8. The van der Waals surface area contributed by atoms with E-state index in [1.807, 2.05) is 17.9 Å². The number of hydrogen-bond acceptors (Lipinski definition) is 5. The van der Waals surface area contributed by atoms with Crippen LogP contribution < -0.4 is 14.5 Å². The predicted molar refractivity (Wildman–Crippen MR) is 88.7 cm³/mol. The van der Waals surface area contributed by atoms with E-state index in [9.17, 15) is 8.78 Å². The summed E-state index contributed by atoms with van der Waals surface area (Å²) in [6.07, 6.45) is 1.94. The topological polar surface area (TPSA) is 41.5 Å². The molecule has 24 heavy (non-hydrogen) atoms. The Balaban J connectivity index is 1.71. The van der Waals surface area contributed by atoms with Crippen molar-refractivity contribution in [1.82, 2.24) is 9.97 Å². The van der Waals surface area contributed by atoms with Crippen LogP contribution in [0.5, 0.6) is 5.75 Å². The van der Waals surface area contributed by atoms with Gasteiger partial charge in [0, 0.05) is 37.9 Å². The summed E-state index contributed by atoms with van der Waals surface area (Å²) in [5, 5.41) is 0. The molecule has 1 saturated heterocycles. The smallest absolute Gasteiger partial charge is 0.187 e. The summed E-state index contributed by atoms with van der Waals surface area (Å²) >= 11 is 0. The van der Waals surface area contributed by atoms with E-state index in [2.05, 4.69) is 14.9 Å². The third kappa shape index (κ3) is 3.11. The second-order valence-electron chi connectivity index (χ2n) is 5.60. The monoisotopic (exact) mass is 334 g/mol. The first-order valence-corrected chi connectivity index (χ1v) is 7.96. The van der Waals surface area contributed by atoms with Crippen molar-refractivity contribution in [2.24, 2.45) is 0 Å². The van der Waals surface area contributed by atoms with Crippen molar-refractivity contribution in [3.8, 4) is 5.75 Å². The highest BCUT2D eigenvalue weighted by Crippen LogP contribution is 2.26. The van der Waals surface area contributed by atoms with Gasteiger partial charge in [-0.05, 0) is 18.6 Å². The molecule has 5 nitrogen and oxygen atoms in total. The molecule has 0 N–H and O–H groups in total. The Morgan fingerprint density at radius 2 is 1.79 bits per heavy atom. The molecule has 0 saturated carbocycles. The number of aryl methyl sites for hydroxylation is 1. The highest BCUT2D eigenvalue weighted by molar-refractivity contribution is 5.52. The molecule has 0 bridgehead atoms. The van der Waals surface area contributed by atoms with Crippen LogP contribution in [0, 0.1) is 11.6 Å². The SMILES string of the molecule is CCc1ncnc(N2CCN(c3ccc(OC)c(F)c3)CC2)c1F. The summed E-state index contributed by atoms with van der Waals surface area (Å²) in [4.78, 5) is 12.0. The average molecular weight is 334 g/mol. The molecule has 2 aromatic rings. The average Bonchev–Trinajstić information content (AvgIpc) is 2.62. The van der Waals surface area contributed by atoms with Gasteiger partial charge in [0.15, 0.2) is 23.2 Å². The quantitative estimate of drug-likeness (QED) is 0.860. The van der Waals surface area contributed by atoms with Gasteiger partial charge in [-0.15, -0.1) is 0 Å². The van der Waals surface area contributed by atoms with Crippen LogP contribution in [0.25, 0.3) is 0 Å². The highest BCUT2D eigenvalue weighted by Gasteiger charge is 2.22. The first-order valence-electron chi connectivity index (χ1n) is 7.96. The molecule has 0 radical (unpaired) electrons. The number of halogens is 2. The van der Waals surface area contributed by atoms with Crippen LogP contribution in [-0.4, -0.2) is 43.3 Å². The minimum atomic E-state index is -0.383. The first-order chi connectivity index (χ1) is 11.6. The van der Waals surface area contributed by atoms with E-state index in [-0.39, 0.29) is 17.4 Å². The van der Waals surface area contributed by atoms with E-state index in [0.717, 1.165) is 5.69 Å². The molecule has 3 rings (SSSR count). The Morgan fingerprint density at radius 1 is 1.08 bits per heavy atom. The van der Waals surface area contributed by atoms with E-state index in [0.29, 0.717) is 44.1 Å². The van der Waals surface area contributed by atoms with E-state index in [1.165, 1.54) is 19.5 Å². The molecule has 0 aliphatic carbocycles. The summed E-state index contributed by atoms with van der Waals surface area (Å²) in [5.41, 5.74) is 1.23. The molecule has 0 atom stereocenters. The second-order valence-corrected chi connectivity index (χ2v) is 5.60. The Labute approximate surface area is 139 Å². The van der Waals surface area contributed by atoms with E-state index in [1.54, 1.807) is 6.07 Å². The van der Waals surface area contributed by atoms with Crippen molar-refractivity contribution in [1.29, 1.82) is 0 Å². The zero-order chi connectivity index (χ0) is 17.1. The number of aromatic nitrogens is 2. The maximum atomic E-state index is 14.4. The zero-order valence-electron chi connectivity index (χ0n) is 13.8. The fourth-order valence-electron chi connectivity index (χ4n) is 2.89. The van der Waals surface area contributed by atoms with Crippen LogP contribution in [-0.2, 0) is 6.42 Å². The minimum Gasteiger partial charge on any atom is -0.494 e. The van der Waals surface area contributed by atoms with Crippen LogP contribution in [0.15, 0.2) is 24.5 Å². The summed E-state index contributed by atoms with van der Waals surface area (Å²) < 4.78 is 33.2. The number of nitrogens with zero attached hydrogens (tertiary/aromatic N) is 4. The largest absolute Gasteiger partial charge is 0.494 e. The Morgan fingerprint density at radius 3 is 2.42 bits per heavy atom.